The van der Waals surface area contributed by atoms with Crippen LogP contribution in [0.2, 0.25) is 5.02 Å². The molecule has 1 atom stereocenters. The van der Waals surface area contributed by atoms with Gasteiger partial charge in [0.15, 0.2) is 11.0 Å². The highest BCUT2D eigenvalue weighted by atomic mass is 35.5. The van der Waals surface area contributed by atoms with Crippen LogP contribution in [0.1, 0.15) is 48.6 Å². The van der Waals surface area contributed by atoms with Crippen LogP contribution in [0, 0.1) is 12.8 Å². The highest BCUT2D eigenvalue weighted by Crippen LogP contribution is 2.26. The fourth-order valence-corrected chi connectivity index (χ4v) is 4.55. The fourth-order valence-electron chi connectivity index (χ4n) is 3.51. The first kappa shape index (κ1) is 26.6. The van der Waals surface area contributed by atoms with Crippen molar-refractivity contribution in [2.24, 2.45) is 5.92 Å². The molecule has 8 nitrogen and oxygen atoms in total. The second kappa shape index (κ2) is 12.1. The summed E-state index contributed by atoms with van der Waals surface area (Å²) in [6.07, 6.45) is 0. The molecule has 0 aliphatic rings. The van der Waals surface area contributed by atoms with Crippen molar-refractivity contribution in [3.63, 3.8) is 0 Å². The first-order chi connectivity index (χ1) is 16.7. The van der Waals surface area contributed by atoms with Crippen LogP contribution in [0.4, 0.5) is 5.69 Å². The third-order valence-corrected chi connectivity index (χ3v) is 6.64. The zero-order valence-corrected chi connectivity index (χ0v) is 22.0. The Balaban J connectivity index is 1.70. The van der Waals surface area contributed by atoms with E-state index in [-0.39, 0.29) is 29.5 Å². The number of aromatic nitrogens is 3. The van der Waals surface area contributed by atoms with Crippen LogP contribution in [-0.2, 0) is 11.3 Å². The van der Waals surface area contributed by atoms with Gasteiger partial charge in [-0.1, -0.05) is 37.2 Å². The van der Waals surface area contributed by atoms with Crippen LogP contribution in [0.5, 0.6) is 5.75 Å². The molecule has 2 amide bonds. The molecule has 186 valence electrons. The molecule has 2 aromatic carbocycles. The number of nitrogens with one attached hydrogen (secondary N) is 2. The number of amides is 2. The molecule has 2 N–H and O–H groups in total. The van der Waals surface area contributed by atoms with Gasteiger partial charge in [-0.15, -0.1) is 10.2 Å². The molecule has 1 aromatic heterocycles. The third-order valence-electron chi connectivity index (χ3n) is 5.44. The Hall–Kier alpha value is -3.04. The summed E-state index contributed by atoms with van der Waals surface area (Å²) in [4.78, 5) is 25.4. The number of aryl methyl sites for hydroxylation is 1. The van der Waals surface area contributed by atoms with E-state index >= 15 is 0 Å². The number of carbonyl (C=O) groups is 2. The van der Waals surface area contributed by atoms with E-state index in [1.165, 1.54) is 11.8 Å². The minimum atomic E-state index is -0.350. The van der Waals surface area contributed by atoms with E-state index < -0.39 is 0 Å². The van der Waals surface area contributed by atoms with Gasteiger partial charge in [0.25, 0.3) is 5.91 Å². The molecular weight excluding hydrogens is 486 g/mol. The number of anilines is 1. The van der Waals surface area contributed by atoms with Crippen LogP contribution in [0.3, 0.4) is 0 Å². The Kier molecular flexibility index (Phi) is 9.17. The number of carbonyl (C=O) groups excluding carboxylic acids is 2. The van der Waals surface area contributed by atoms with Crippen molar-refractivity contribution in [3.8, 4) is 5.75 Å². The summed E-state index contributed by atoms with van der Waals surface area (Å²) in [5.74, 6) is 1.22. The van der Waals surface area contributed by atoms with Gasteiger partial charge < -0.3 is 19.9 Å². The van der Waals surface area contributed by atoms with Crippen molar-refractivity contribution in [2.75, 3.05) is 18.2 Å². The van der Waals surface area contributed by atoms with E-state index in [4.69, 9.17) is 16.3 Å². The Morgan fingerprint density at radius 3 is 2.46 bits per heavy atom. The maximum Gasteiger partial charge on any atom is 0.251 e. The lowest BCUT2D eigenvalue weighted by molar-refractivity contribution is -0.113. The summed E-state index contributed by atoms with van der Waals surface area (Å²) in [5, 5.41) is 15.9. The van der Waals surface area contributed by atoms with E-state index in [0.717, 1.165) is 11.3 Å². The molecule has 3 aromatic rings. The molecule has 0 unspecified atom stereocenters. The van der Waals surface area contributed by atoms with Crippen molar-refractivity contribution >= 4 is 40.9 Å². The molecule has 0 bridgehead atoms. The topological polar surface area (TPSA) is 98.1 Å². The second-order valence-corrected chi connectivity index (χ2v) is 9.68. The summed E-state index contributed by atoms with van der Waals surface area (Å²) in [7, 11) is 1.58. The van der Waals surface area contributed by atoms with Gasteiger partial charge in [0.1, 0.15) is 5.75 Å². The maximum atomic E-state index is 12.9. The van der Waals surface area contributed by atoms with E-state index in [0.29, 0.717) is 33.9 Å². The van der Waals surface area contributed by atoms with E-state index in [1.54, 1.807) is 49.6 Å². The lowest BCUT2D eigenvalue weighted by Gasteiger charge is -2.22. The van der Waals surface area contributed by atoms with Crippen molar-refractivity contribution in [2.45, 2.75) is 45.4 Å². The first-order valence-corrected chi connectivity index (χ1v) is 12.7. The van der Waals surface area contributed by atoms with Gasteiger partial charge in [0, 0.05) is 22.8 Å². The Labute approximate surface area is 214 Å². The zero-order valence-electron chi connectivity index (χ0n) is 20.5. The van der Waals surface area contributed by atoms with E-state index in [9.17, 15) is 9.59 Å². The van der Waals surface area contributed by atoms with Gasteiger partial charge in [0.05, 0.1) is 18.9 Å². The average molecular weight is 516 g/mol. The predicted molar refractivity (Wildman–Crippen MR) is 139 cm³/mol. The van der Waals surface area contributed by atoms with Crippen molar-refractivity contribution in [3.05, 3.63) is 64.4 Å². The number of thioether (sulfide) groups is 1. The number of benzene rings is 2. The predicted octanol–water partition coefficient (Wildman–Crippen LogP) is 5.13. The van der Waals surface area contributed by atoms with Gasteiger partial charge in [-0.25, -0.2) is 0 Å². The SMILES string of the molecule is CCn1c(SCC(=O)Nc2ccc(Cl)cc2C)nnc1[C@H](NC(=O)c1ccc(OC)cc1)C(C)C. The summed E-state index contributed by atoms with van der Waals surface area (Å²) in [6, 6.07) is 11.9. The summed E-state index contributed by atoms with van der Waals surface area (Å²) in [6.45, 7) is 8.51. The van der Waals surface area contributed by atoms with Crippen LogP contribution < -0.4 is 15.4 Å². The molecule has 0 aliphatic carbocycles. The van der Waals surface area contributed by atoms with Crippen molar-refractivity contribution in [1.29, 1.82) is 0 Å². The highest BCUT2D eigenvalue weighted by Gasteiger charge is 2.26. The van der Waals surface area contributed by atoms with Gasteiger partial charge in [-0.05, 0) is 67.8 Å². The second-order valence-electron chi connectivity index (χ2n) is 8.30. The summed E-state index contributed by atoms with van der Waals surface area (Å²) in [5.41, 5.74) is 2.14. The zero-order chi connectivity index (χ0) is 25.5. The molecule has 10 heteroatoms. The fraction of sp³-hybridized carbons (Fsp3) is 0.360. The van der Waals surface area contributed by atoms with Crippen molar-refractivity contribution < 1.29 is 14.3 Å². The molecule has 0 saturated carbocycles. The number of nitrogens with zero attached hydrogens (tertiary/aromatic N) is 3. The Morgan fingerprint density at radius 2 is 1.86 bits per heavy atom. The van der Waals surface area contributed by atoms with Crippen molar-refractivity contribution in [1.82, 2.24) is 20.1 Å². The van der Waals surface area contributed by atoms with Crippen LogP contribution in [0.25, 0.3) is 0 Å². The van der Waals surface area contributed by atoms with Gasteiger partial charge in [0.2, 0.25) is 5.91 Å². The largest absolute Gasteiger partial charge is 0.497 e. The maximum absolute atomic E-state index is 12.9. The Morgan fingerprint density at radius 1 is 1.14 bits per heavy atom. The highest BCUT2D eigenvalue weighted by molar-refractivity contribution is 7.99. The number of methoxy groups -OCH3 is 1. The smallest absolute Gasteiger partial charge is 0.251 e. The first-order valence-electron chi connectivity index (χ1n) is 11.3. The minimum absolute atomic E-state index is 0.0701. The van der Waals surface area contributed by atoms with E-state index in [2.05, 4.69) is 20.8 Å². The molecule has 0 aliphatic heterocycles. The third kappa shape index (κ3) is 6.76. The van der Waals surface area contributed by atoms with Crippen LogP contribution in [0.15, 0.2) is 47.6 Å². The molecule has 1 heterocycles. The Bertz CT molecular complexity index is 1180. The molecule has 0 radical (unpaired) electrons. The standard InChI is InChI=1S/C25H30ClN5O3S/c1-6-31-23(22(15(2)3)28-24(33)17-7-10-19(34-5)11-8-17)29-30-25(31)35-14-21(32)27-20-12-9-18(26)13-16(20)4/h7-13,15,22H,6,14H2,1-5H3,(H,27,32)(H,28,33)/t22-/m1/s1. The van der Waals surface area contributed by atoms with Gasteiger partial charge in [-0.3, -0.25) is 9.59 Å². The van der Waals surface area contributed by atoms with Gasteiger partial charge >= 0.3 is 0 Å². The quantitative estimate of drug-likeness (QED) is 0.363. The van der Waals surface area contributed by atoms with E-state index in [1.807, 2.05) is 32.3 Å². The van der Waals surface area contributed by atoms with Crippen LogP contribution in [-0.4, -0.2) is 39.4 Å². The minimum Gasteiger partial charge on any atom is -0.497 e. The number of hydrogen-bond donors (Lipinski definition) is 2. The summed E-state index contributed by atoms with van der Waals surface area (Å²) >= 11 is 7.29. The lowest BCUT2D eigenvalue weighted by Crippen LogP contribution is -2.33. The molecule has 0 spiro atoms. The molecule has 0 saturated heterocycles. The number of ether oxygens (including phenoxy) is 1. The van der Waals surface area contributed by atoms with Crippen LogP contribution >= 0.6 is 23.4 Å². The number of halogens is 1. The molecule has 0 fully saturated rings. The summed E-state index contributed by atoms with van der Waals surface area (Å²) < 4.78 is 7.10. The monoisotopic (exact) mass is 515 g/mol. The number of rotatable bonds is 10. The van der Waals surface area contributed by atoms with Gasteiger partial charge in [-0.2, -0.15) is 0 Å². The normalized spacial score (nSPS) is 11.9. The molecule has 3 rings (SSSR count). The number of hydrogen-bond acceptors (Lipinski definition) is 6. The molecular formula is C25H30ClN5O3S. The lowest BCUT2D eigenvalue weighted by atomic mass is 10.0. The average Bonchev–Trinajstić information content (AvgIpc) is 3.25. The molecule has 35 heavy (non-hydrogen) atoms.